The van der Waals surface area contributed by atoms with Crippen molar-refractivity contribution in [3.63, 3.8) is 0 Å². The van der Waals surface area contributed by atoms with Crippen LogP contribution in [0.2, 0.25) is 0 Å². The van der Waals surface area contributed by atoms with Gasteiger partial charge in [0, 0.05) is 24.5 Å². The summed E-state index contributed by atoms with van der Waals surface area (Å²) in [4.78, 5) is 14.2. The minimum absolute atomic E-state index is 0.202. The molecule has 1 aliphatic heterocycles. The van der Waals surface area contributed by atoms with Crippen molar-refractivity contribution in [3.05, 3.63) is 42.5 Å². The Morgan fingerprint density at radius 1 is 1.17 bits per heavy atom. The molecular weight excluding hydrogens is 326 g/mol. The molecule has 1 fully saturated rings. The summed E-state index contributed by atoms with van der Waals surface area (Å²) >= 11 is 0. The summed E-state index contributed by atoms with van der Waals surface area (Å²) in [7, 11) is -3.27. The average molecular weight is 347 g/mol. The standard InChI is InChI=1S/C17H21N3O3S/c1-24(22,23)19-14-8-5-11-20(12-14)17(21)18-16-10-4-7-13-6-2-3-9-15(13)16/h2-4,6-7,9-10,14,19H,5,8,11-12H2,1H3,(H,18,21)/t14-/m1/s1. The lowest BCUT2D eigenvalue weighted by Gasteiger charge is -2.32. The van der Waals surface area contributed by atoms with Gasteiger partial charge in [0.15, 0.2) is 0 Å². The topological polar surface area (TPSA) is 78.5 Å². The molecule has 128 valence electrons. The molecule has 0 unspecified atom stereocenters. The second kappa shape index (κ2) is 6.78. The number of rotatable bonds is 3. The molecule has 0 radical (unpaired) electrons. The van der Waals surface area contributed by atoms with Gasteiger partial charge in [0.2, 0.25) is 10.0 Å². The fourth-order valence-electron chi connectivity index (χ4n) is 3.09. The highest BCUT2D eigenvalue weighted by molar-refractivity contribution is 7.88. The van der Waals surface area contributed by atoms with Crippen molar-refractivity contribution in [1.29, 1.82) is 0 Å². The average Bonchev–Trinajstić information content (AvgIpc) is 2.54. The molecule has 0 bridgehead atoms. The van der Waals surface area contributed by atoms with Gasteiger partial charge in [-0.15, -0.1) is 0 Å². The molecule has 0 spiro atoms. The molecule has 24 heavy (non-hydrogen) atoms. The minimum atomic E-state index is -3.27. The summed E-state index contributed by atoms with van der Waals surface area (Å²) in [5, 5.41) is 4.99. The van der Waals surface area contributed by atoms with Gasteiger partial charge in [0.05, 0.1) is 11.9 Å². The highest BCUT2D eigenvalue weighted by Crippen LogP contribution is 2.23. The number of piperidine rings is 1. The van der Waals surface area contributed by atoms with Crippen LogP contribution in [0, 0.1) is 0 Å². The van der Waals surface area contributed by atoms with Gasteiger partial charge in [-0.3, -0.25) is 0 Å². The zero-order valence-corrected chi connectivity index (χ0v) is 14.3. The molecular formula is C17H21N3O3S. The molecule has 6 nitrogen and oxygen atoms in total. The molecule has 2 N–H and O–H groups in total. The monoisotopic (exact) mass is 347 g/mol. The van der Waals surface area contributed by atoms with E-state index in [4.69, 9.17) is 0 Å². The molecule has 1 aliphatic rings. The molecule has 2 amide bonds. The lowest BCUT2D eigenvalue weighted by atomic mass is 10.1. The SMILES string of the molecule is CS(=O)(=O)N[C@@H]1CCCN(C(=O)Nc2cccc3ccccc23)C1. The van der Waals surface area contributed by atoms with Crippen molar-refractivity contribution in [2.75, 3.05) is 24.7 Å². The number of carbonyl (C=O) groups is 1. The largest absolute Gasteiger partial charge is 0.323 e. The number of nitrogens with one attached hydrogen (secondary N) is 2. The first-order valence-electron chi connectivity index (χ1n) is 7.93. The van der Waals surface area contributed by atoms with E-state index >= 15 is 0 Å². The normalized spacial score (nSPS) is 18.5. The zero-order chi connectivity index (χ0) is 17.2. The predicted molar refractivity (Wildman–Crippen MR) is 95.5 cm³/mol. The van der Waals surface area contributed by atoms with Gasteiger partial charge in [-0.1, -0.05) is 36.4 Å². The van der Waals surface area contributed by atoms with Gasteiger partial charge in [-0.05, 0) is 24.3 Å². The molecule has 7 heteroatoms. The summed E-state index contributed by atoms with van der Waals surface area (Å²) in [5.41, 5.74) is 0.760. The molecule has 1 saturated heterocycles. The molecule has 0 aliphatic carbocycles. The van der Waals surface area contributed by atoms with Gasteiger partial charge >= 0.3 is 6.03 Å². The number of carbonyl (C=O) groups excluding carboxylic acids is 1. The Balaban J connectivity index is 1.72. The van der Waals surface area contributed by atoms with Crippen molar-refractivity contribution >= 4 is 32.5 Å². The van der Waals surface area contributed by atoms with Crippen LogP contribution in [0.3, 0.4) is 0 Å². The third kappa shape index (κ3) is 4.04. The third-order valence-electron chi connectivity index (χ3n) is 4.12. The number of benzene rings is 2. The van der Waals surface area contributed by atoms with Crippen LogP contribution in [-0.4, -0.2) is 44.7 Å². The smallest absolute Gasteiger partial charge is 0.321 e. The van der Waals surface area contributed by atoms with Crippen molar-refractivity contribution in [1.82, 2.24) is 9.62 Å². The Morgan fingerprint density at radius 3 is 2.71 bits per heavy atom. The van der Waals surface area contributed by atoms with Crippen LogP contribution in [0.5, 0.6) is 0 Å². The van der Waals surface area contributed by atoms with E-state index in [0.717, 1.165) is 35.6 Å². The molecule has 2 aromatic carbocycles. The van der Waals surface area contributed by atoms with Gasteiger partial charge in [0.25, 0.3) is 0 Å². The van der Waals surface area contributed by atoms with E-state index in [2.05, 4.69) is 10.0 Å². The summed E-state index contributed by atoms with van der Waals surface area (Å²) in [6.07, 6.45) is 2.66. The third-order valence-corrected chi connectivity index (χ3v) is 4.88. The van der Waals surface area contributed by atoms with Crippen molar-refractivity contribution in [3.8, 4) is 0 Å². The molecule has 0 saturated carbocycles. The number of anilines is 1. The summed E-state index contributed by atoms with van der Waals surface area (Å²) < 4.78 is 25.4. The van der Waals surface area contributed by atoms with E-state index in [0.29, 0.717) is 13.1 Å². The van der Waals surface area contributed by atoms with Gasteiger partial charge in [-0.25, -0.2) is 17.9 Å². The van der Waals surface area contributed by atoms with Crippen LogP contribution >= 0.6 is 0 Å². The summed E-state index contributed by atoms with van der Waals surface area (Å²) in [6.45, 7) is 1.00. The summed E-state index contributed by atoms with van der Waals surface area (Å²) in [6, 6.07) is 13.2. The highest BCUT2D eigenvalue weighted by Gasteiger charge is 2.25. The Labute approximate surface area is 141 Å². The Bertz CT molecular complexity index is 846. The van der Waals surface area contributed by atoms with Crippen LogP contribution in [0.1, 0.15) is 12.8 Å². The first-order chi connectivity index (χ1) is 11.4. The second-order valence-corrected chi connectivity index (χ2v) is 7.91. The number of hydrogen-bond acceptors (Lipinski definition) is 3. The number of urea groups is 1. The van der Waals surface area contributed by atoms with Crippen LogP contribution < -0.4 is 10.0 Å². The lowest BCUT2D eigenvalue weighted by molar-refractivity contribution is 0.190. The van der Waals surface area contributed by atoms with E-state index in [-0.39, 0.29) is 12.1 Å². The zero-order valence-electron chi connectivity index (χ0n) is 13.5. The van der Waals surface area contributed by atoms with E-state index in [1.807, 2.05) is 42.5 Å². The van der Waals surface area contributed by atoms with Crippen molar-refractivity contribution in [2.45, 2.75) is 18.9 Å². The number of amides is 2. The molecule has 0 aromatic heterocycles. The van der Waals surface area contributed by atoms with E-state index in [1.54, 1.807) is 4.90 Å². The summed E-state index contributed by atoms with van der Waals surface area (Å²) in [5.74, 6) is 0. The van der Waals surface area contributed by atoms with Gasteiger partial charge < -0.3 is 10.2 Å². The Hall–Kier alpha value is -2.12. The van der Waals surface area contributed by atoms with E-state index < -0.39 is 10.0 Å². The van der Waals surface area contributed by atoms with Gasteiger partial charge in [0.1, 0.15) is 0 Å². The molecule has 3 rings (SSSR count). The fourth-order valence-corrected chi connectivity index (χ4v) is 3.89. The maximum Gasteiger partial charge on any atom is 0.321 e. The van der Waals surface area contributed by atoms with Crippen LogP contribution in [0.25, 0.3) is 10.8 Å². The maximum atomic E-state index is 12.6. The predicted octanol–water partition coefficient (Wildman–Crippen LogP) is 2.39. The van der Waals surface area contributed by atoms with Crippen LogP contribution in [0.15, 0.2) is 42.5 Å². The second-order valence-electron chi connectivity index (χ2n) is 6.13. The lowest BCUT2D eigenvalue weighted by Crippen LogP contribution is -2.50. The van der Waals surface area contributed by atoms with Crippen molar-refractivity contribution < 1.29 is 13.2 Å². The van der Waals surface area contributed by atoms with Gasteiger partial charge in [-0.2, -0.15) is 0 Å². The van der Waals surface area contributed by atoms with E-state index in [1.165, 1.54) is 0 Å². The first kappa shape index (κ1) is 16.7. The van der Waals surface area contributed by atoms with Crippen molar-refractivity contribution in [2.24, 2.45) is 0 Å². The maximum absolute atomic E-state index is 12.6. The highest BCUT2D eigenvalue weighted by atomic mass is 32.2. The first-order valence-corrected chi connectivity index (χ1v) is 9.82. The number of fused-ring (bicyclic) bond motifs is 1. The van der Waals surface area contributed by atoms with E-state index in [9.17, 15) is 13.2 Å². The number of likely N-dealkylation sites (tertiary alicyclic amines) is 1. The Morgan fingerprint density at radius 2 is 1.92 bits per heavy atom. The molecule has 1 atom stereocenters. The molecule has 2 aromatic rings. The number of hydrogen-bond donors (Lipinski definition) is 2. The molecule has 1 heterocycles. The van der Waals surface area contributed by atoms with Crippen LogP contribution in [0.4, 0.5) is 10.5 Å². The quantitative estimate of drug-likeness (QED) is 0.895. The Kier molecular flexibility index (Phi) is 4.73. The number of sulfonamides is 1. The number of nitrogens with zero attached hydrogens (tertiary/aromatic N) is 1. The minimum Gasteiger partial charge on any atom is -0.323 e. The fraction of sp³-hybridized carbons (Fsp3) is 0.353. The van der Waals surface area contributed by atoms with Crippen LogP contribution in [-0.2, 0) is 10.0 Å².